The number of hydrogen-bond acceptors (Lipinski definition) is 4. The quantitative estimate of drug-likeness (QED) is 0.669. The average Bonchev–Trinajstić information content (AvgIpc) is 3.37. The molecule has 0 bridgehead atoms. The molecule has 4 rings (SSSR count). The number of carbonyl (C=O) groups is 2. The van der Waals surface area contributed by atoms with Crippen LogP contribution in [0.1, 0.15) is 29.2 Å². The summed E-state index contributed by atoms with van der Waals surface area (Å²) in [5.41, 5.74) is 0.755. The minimum atomic E-state index is 0.0290. The summed E-state index contributed by atoms with van der Waals surface area (Å²) in [7, 11) is 0. The van der Waals surface area contributed by atoms with Crippen LogP contribution >= 0.6 is 22.7 Å². The van der Waals surface area contributed by atoms with Gasteiger partial charge in [-0.1, -0.05) is 6.07 Å². The standard InChI is InChI=1S/C20H23N3O2S2/c1-3-22-17(11-15-6-10-27-20(15)22)19(25)21-7-8-23(14(2)13-21)18(24)12-16-5-4-9-26-16/h4-6,9-11,14H,3,7-8,12-13H2,1-2H3/t14-/m1/s1. The van der Waals surface area contributed by atoms with Gasteiger partial charge in [0.1, 0.15) is 10.5 Å². The van der Waals surface area contributed by atoms with E-state index >= 15 is 0 Å². The van der Waals surface area contributed by atoms with Crippen molar-refractivity contribution >= 4 is 44.7 Å². The molecule has 0 spiro atoms. The molecule has 27 heavy (non-hydrogen) atoms. The van der Waals surface area contributed by atoms with Gasteiger partial charge in [0.2, 0.25) is 5.91 Å². The Hall–Kier alpha value is -2.12. The summed E-state index contributed by atoms with van der Waals surface area (Å²) in [6, 6.07) is 8.06. The SMILES string of the molecule is CCn1c(C(=O)N2CCN(C(=O)Cc3cccs3)[C@H](C)C2)cc2ccsc21. The van der Waals surface area contributed by atoms with E-state index in [4.69, 9.17) is 0 Å². The number of rotatable bonds is 4. The second kappa shape index (κ2) is 7.48. The van der Waals surface area contributed by atoms with Crippen molar-refractivity contribution in [3.05, 3.63) is 45.6 Å². The van der Waals surface area contributed by atoms with Crippen molar-refractivity contribution in [1.29, 1.82) is 0 Å². The number of carbonyl (C=O) groups excluding carboxylic acids is 2. The van der Waals surface area contributed by atoms with Crippen molar-refractivity contribution in [3.8, 4) is 0 Å². The molecule has 0 aliphatic carbocycles. The van der Waals surface area contributed by atoms with Crippen molar-refractivity contribution in [1.82, 2.24) is 14.4 Å². The molecule has 2 amide bonds. The average molecular weight is 402 g/mol. The Bertz CT molecular complexity index is 957. The Morgan fingerprint density at radius 2 is 2.04 bits per heavy atom. The molecule has 3 aromatic heterocycles. The van der Waals surface area contributed by atoms with E-state index in [1.165, 1.54) is 0 Å². The van der Waals surface area contributed by atoms with Crippen LogP contribution in [0, 0.1) is 0 Å². The Kier molecular flexibility index (Phi) is 5.06. The summed E-state index contributed by atoms with van der Waals surface area (Å²) in [5.74, 6) is 0.215. The van der Waals surface area contributed by atoms with Crippen LogP contribution in [0.2, 0.25) is 0 Å². The predicted octanol–water partition coefficient (Wildman–Crippen LogP) is 3.70. The van der Waals surface area contributed by atoms with E-state index in [-0.39, 0.29) is 17.9 Å². The molecule has 1 atom stereocenters. The van der Waals surface area contributed by atoms with Crippen LogP contribution in [0.3, 0.4) is 0 Å². The van der Waals surface area contributed by atoms with Gasteiger partial charge in [-0.05, 0) is 42.8 Å². The first-order chi connectivity index (χ1) is 13.1. The second-order valence-electron chi connectivity index (χ2n) is 6.90. The summed E-state index contributed by atoms with van der Waals surface area (Å²) in [6.07, 6.45) is 0.449. The molecule has 1 fully saturated rings. The number of piperazine rings is 1. The maximum atomic E-state index is 13.1. The third kappa shape index (κ3) is 3.41. The summed E-state index contributed by atoms with van der Waals surface area (Å²) in [6.45, 7) is 6.64. The molecule has 7 heteroatoms. The Morgan fingerprint density at radius 1 is 1.19 bits per heavy atom. The zero-order chi connectivity index (χ0) is 19.0. The van der Waals surface area contributed by atoms with Crippen LogP contribution < -0.4 is 0 Å². The van der Waals surface area contributed by atoms with Crippen molar-refractivity contribution in [2.45, 2.75) is 32.9 Å². The number of amides is 2. The number of fused-ring (bicyclic) bond motifs is 1. The monoisotopic (exact) mass is 401 g/mol. The lowest BCUT2D eigenvalue weighted by Crippen LogP contribution is -2.55. The van der Waals surface area contributed by atoms with Gasteiger partial charge in [0.15, 0.2) is 0 Å². The minimum absolute atomic E-state index is 0.0290. The lowest BCUT2D eigenvalue weighted by molar-refractivity contribution is -0.134. The lowest BCUT2D eigenvalue weighted by atomic mass is 10.1. The molecule has 142 valence electrons. The summed E-state index contributed by atoms with van der Waals surface area (Å²) in [5, 5.41) is 5.18. The first-order valence-corrected chi connectivity index (χ1v) is 11.0. The highest BCUT2D eigenvalue weighted by molar-refractivity contribution is 7.16. The fraction of sp³-hybridized carbons (Fsp3) is 0.400. The topological polar surface area (TPSA) is 45.6 Å². The van der Waals surface area contributed by atoms with Crippen LogP contribution in [0.25, 0.3) is 10.2 Å². The molecule has 0 radical (unpaired) electrons. The largest absolute Gasteiger partial charge is 0.336 e. The van der Waals surface area contributed by atoms with Crippen LogP contribution in [0.4, 0.5) is 0 Å². The molecule has 1 aliphatic rings. The summed E-state index contributed by atoms with van der Waals surface area (Å²) >= 11 is 3.28. The highest BCUT2D eigenvalue weighted by Crippen LogP contribution is 2.27. The molecule has 0 N–H and O–H groups in total. The highest BCUT2D eigenvalue weighted by atomic mass is 32.1. The molecule has 0 saturated carbocycles. The van der Waals surface area contributed by atoms with E-state index in [0.29, 0.717) is 26.1 Å². The number of aryl methyl sites for hydroxylation is 1. The third-order valence-electron chi connectivity index (χ3n) is 5.18. The predicted molar refractivity (Wildman–Crippen MR) is 111 cm³/mol. The molecular weight excluding hydrogens is 378 g/mol. The van der Waals surface area contributed by atoms with E-state index in [9.17, 15) is 9.59 Å². The van der Waals surface area contributed by atoms with Gasteiger partial charge in [-0.3, -0.25) is 9.59 Å². The van der Waals surface area contributed by atoms with Gasteiger partial charge in [0, 0.05) is 42.5 Å². The van der Waals surface area contributed by atoms with Gasteiger partial charge in [-0.25, -0.2) is 0 Å². The zero-order valence-electron chi connectivity index (χ0n) is 15.6. The van der Waals surface area contributed by atoms with Crippen LogP contribution in [-0.4, -0.2) is 51.9 Å². The fourth-order valence-corrected chi connectivity index (χ4v) is 5.46. The van der Waals surface area contributed by atoms with E-state index < -0.39 is 0 Å². The highest BCUT2D eigenvalue weighted by Gasteiger charge is 2.31. The van der Waals surface area contributed by atoms with Gasteiger partial charge < -0.3 is 14.4 Å². The second-order valence-corrected chi connectivity index (χ2v) is 8.83. The maximum absolute atomic E-state index is 13.1. The third-order valence-corrected chi connectivity index (χ3v) is 7.01. The van der Waals surface area contributed by atoms with Gasteiger partial charge in [0.25, 0.3) is 5.91 Å². The molecule has 3 aromatic rings. The summed E-state index contributed by atoms with van der Waals surface area (Å²) < 4.78 is 2.10. The van der Waals surface area contributed by atoms with Gasteiger partial charge in [-0.15, -0.1) is 22.7 Å². The molecule has 5 nitrogen and oxygen atoms in total. The van der Waals surface area contributed by atoms with Gasteiger partial charge in [-0.2, -0.15) is 0 Å². The molecule has 1 aliphatic heterocycles. The maximum Gasteiger partial charge on any atom is 0.270 e. The lowest BCUT2D eigenvalue weighted by Gasteiger charge is -2.40. The Balaban J connectivity index is 1.46. The van der Waals surface area contributed by atoms with Crippen molar-refractivity contribution < 1.29 is 9.59 Å². The van der Waals surface area contributed by atoms with E-state index in [1.54, 1.807) is 22.7 Å². The van der Waals surface area contributed by atoms with Crippen LogP contribution in [0.5, 0.6) is 0 Å². The molecule has 1 saturated heterocycles. The van der Waals surface area contributed by atoms with Gasteiger partial charge in [0.05, 0.1) is 6.42 Å². The minimum Gasteiger partial charge on any atom is -0.336 e. The number of nitrogens with zero attached hydrogens (tertiary/aromatic N) is 3. The molecular formula is C20H23N3O2S2. The van der Waals surface area contributed by atoms with E-state index in [2.05, 4.69) is 22.9 Å². The number of aromatic nitrogens is 1. The number of thiophene rings is 2. The van der Waals surface area contributed by atoms with E-state index in [1.807, 2.05) is 40.3 Å². The van der Waals surface area contributed by atoms with Crippen LogP contribution in [-0.2, 0) is 17.8 Å². The number of hydrogen-bond donors (Lipinski definition) is 0. The normalized spacial score (nSPS) is 17.6. The zero-order valence-corrected chi connectivity index (χ0v) is 17.2. The molecule has 4 heterocycles. The van der Waals surface area contributed by atoms with Crippen molar-refractivity contribution in [3.63, 3.8) is 0 Å². The van der Waals surface area contributed by atoms with E-state index in [0.717, 1.165) is 27.3 Å². The molecule has 0 aromatic carbocycles. The first-order valence-electron chi connectivity index (χ1n) is 9.26. The Labute approximate surface area is 166 Å². The molecule has 0 unspecified atom stereocenters. The Morgan fingerprint density at radius 3 is 2.74 bits per heavy atom. The summed E-state index contributed by atoms with van der Waals surface area (Å²) in [4.78, 5) is 31.8. The van der Waals surface area contributed by atoms with Crippen molar-refractivity contribution in [2.24, 2.45) is 0 Å². The van der Waals surface area contributed by atoms with Crippen molar-refractivity contribution in [2.75, 3.05) is 19.6 Å². The van der Waals surface area contributed by atoms with Crippen LogP contribution in [0.15, 0.2) is 35.0 Å². The first kappa shape index (κ1) is 18.3. The smallest absolute Gasteiger partial charge is 0.270 e. The van der Waals surface area contributed by atoms with Gasteiger partial charge >= 0.3 is 0 Å². The fourth-order valence-electron chi connectivity index (χ4n) is 3.80.